The standard InChI is InChI=1S/C13H12BrN5OS/c1-8-6-9(2-3-10(8)14)16-11(20)4-5-12-18-19-7-15-17-13(19)21-12/h2-3,6-7H,4-5H2,1H3,(H,16,20). The largest absolute Gasteiger partial charge is 0.326 e. The summed E-state index contributed by atoms with van der Waals surface area (Å²) < 4.78 is 2.65. The molecule has 0 fully saturated rings. The number of nitrogens with one attached hydrogen (secondary N) is 1. The van der Waals surface area contributed by atoms with Crippen molar-refractivity contribution < 1.29 is 4.79 Å². The molecule has 2 heterocycles. The zero-order valence-electron chi connectivity index (χ0n) is 11.2. The molecule has 0 aliphatic carbocycles. The van der Waals surface area contributed by atoms with Gasteiger partial charge in [0, 0.05) is 23.0 Å². The smallest absolute Gasteiger partial charge is 0.234 e. The summed E-state index contributed by atoms with van der Waals surface area (Å²) in [7, 11) is 0. The summed E-state index contributed by atoms with van der Waals surface area (Å²) in [5.74, 6) is -0.0253. The predicted octanol–water partition coefficient (Wildman–Crippen LogP) is 2.83. The van der Waals surface area contributed by atoms with Gasteiger partial charge in [0.05, 0.1) is 0 Å². The number of fused-ring (bicyclic) bond motifs is 1. The van der Waals surface area contributed by atoms with E-state index >= 15 is 0 Å². The molecule has 108 valence electrons. The Morgan fingerprint density at radius 3 is 3.10 bits per heavy atom. The number of anilines is 1. The van der Waals surface area contributed by atoms with Crippen molar-refractivity contribution in [2.45, 2.75) is 19.8 Å². The fourth-order valence-corrected chi connectivity index (χ4v) is 2.93. The summed E-state index contributed by atoms with van der Waals surface area (Å²) in [6, 6.07) is 5.73. The van der Waals surface area contributed by atoms with Gasteiger partial charge in [-0.3, -0.25) is 4.79 Å². The summed E-state index contributed by atoms with van der Waals surface area (Å²) >= 11 is 4.89. The molecule has 0 atom stereocenters. The lowest BCUT2D eigenvalue weighted by molar-refractivity contribution is -0.116. The number of benzene rings is 1. The van der Waals surface area contributed by atoms with E-state index < -0.39 is 0 Å². The van der Waals surface area contributed by atoms with Crippen LogP contribution >= 0.6 is 27.3 Å². The number of carbonyl (C=O) groups excluding carboxylic acids is 1. The second-order valence-electron chi connectivity index (χ2n) is 4.57. The molecule has 0 radical (unpaired) electrons. The Kier molecular flexibility index (Phi) is 3.98. The van der Waals surface area contributed by atoms with Gasteiger partial charge in [0.2, 0.25) is 10.9 Å². The Hall–Kier alpha value is -1.80. The molecular weight excluding hydrogens is 354 g/mol. The lowest BCUT2D eigenvalue weighted by Crippen LogP contribution is -2.12. The maximum absolute atomic E-state index is 12.0. The lowest BCUT2D eigenvalue weighted by atomic mass is 10.2. The van der Waals surface area contributed by atoms with E-state index in [-0.39, 0.29) is 5.91 Å². The molecule has 1 N–H and O–H groups in total. The number of amides is 1. The van der Waals surface area contributed by atoms with Crippen molar-refractivity contribution in [3.8, 4) is 0 Å². The van der Waals surface area contributed by atoms with Gasteiger partial charge in [0.25, 0.3) is 0 Å². The normalized spacial score (nSPS) is 11.0. The molecule has 21 heavy (non-hydrogen) atoms. The molecule has 3 rings (SSSR count). The third-order valence-electron chi connectivity index (χ3n) is 2.94. The van der Waals surface area contributed by atoms with Crippen LogP contribution in [0.25, 0.3) is 4.96 Å². The molecule has 0 spiro atoms. The molecule has 0 saturated heterocycles. The van der Waals surface area contributed by atoms with Gasteiger partial charge in [-0.05, 0) is 30.7 Å². The van der Waals surface area contributed by atoms with E-state index in [1.165, 1.54) is 11.3 Å². The van der Waals surface area contributed by atoms with Crippen LogP contribution in [0, 0.1) is 6.92 Å². The van der Waals surface area contributed by atoms with Gasteiger partial charge in [-0.25, -0.2) is 0 Å². The molecule has 0 bridgehead atoms. The van der Waals surface area contributed by atoms with Gasteiger partial charge in [0.15, 0.2) is 0 Å². The van der Waals surface area contributed by atoms with Gasteiger partial charge in [-0.15, -0.1) is 10.2 Å². The Bertz CT molecular complexity index is 768. The van der Waals surface area contributed by atoms with Crippen molar-refractivity contribution in [1.29, 1.82) is 0 Å². The van der Waals surface area contributed by atoms with Crippen molar-refractivity contribution in [1.82, 2.24) is 19.8 Å². The third-order valence-corrected chi connectivity index (χ3v) is 4.80. The van der Waals surface area contributed by atoms with Gasteiger partial charge < -0.3 is 5.32 Å². The lowest BCUT2D eigenvalue weighted by Gasteiger charge is -2.06. The van der Waals surface area contributed by atoms with Crippen LogP contribution in [0.2, 0.25) is 0 Å². The van der Waals surface area contributed by atoms with Crippen LogP contribution in [0.5, 0.6) is 0 Å². The molecule has 8 heteroatoms. The highest BCUT2D eigenvalue weighted by Gasteiger charge is 2.09. The molecule has 0 unspecified atom stereocenters. The number of rotatable bonds is 4. The van der Waals surface area contributed by atoms with Crippen molar-refractivity contribution in [2.24, 2.45) is 0 Å². The van der Waals surface area contributed by atoms with Crippen LogP contribution < -0.4 is 5.32 Å². The second kappa shape index (κ2) is 5.90. The molecular formula is C13H12BrN5OS. The molecule has 1 amide bonds. The monoisotopic (exact) mass is 365 g/mol. The van der Waals surface area contributed by atoms with Crippen LogP contribution in [0.15, 0.2) is 29.0 Å². The van der Waals surface area contributed by atoms with E-state index in [4.69, 9.17) is 0 Å². The van der Waals surface area contributed by atoms with Crippen LogP contribution in [0.3, 0.4) is 0 Å². The highest BCUT2D eigenvalue weighted by Crippen LogP contribution is 2.20. The zero-order valence-corrected chi connectivity index (χ0v) is 13.6. The number of hydrogen-bond donors (Lipinski definition) is 1. The van der Waals surface area contributed by atoms with Crippen molar-refractivity contribution in [2.75, 3.05) is 5.32 Å². The topological polar surface area (TPSA) is 72.2 Å². The first-order valence-electron chi connectivity index (χ1n) is 6.33. The van der Waals surface area contributed by atoms with Crippen molar-refractivity contribution >= 4 is 43.8 Å². The van der Waals surface area contributed by atoms with E-state index in [1.807, 2.05) is 25.1 Å². The average Bonchev–Trinajstić information content (AvgIpc) is 3.01. The quantitative estimate of drug-likeness (QED) is 0.771. The summed E-state index contributed by atoms with van der Waals surface area (Å²) in [6.07, 6.45) is 2.54. The number of aryl methyl sites for hydroxylation is 2. The highest BCUT2D eigenvalue weighted by molar-refractivity contribution is 9.10. The first-order valence-corrected chi connectivity index (χ1v) is 7.94. The minimum Gasteiger partial charge on any atom is -0.326 e. The van der Waals surface area contributed by atoms with Crippen LogP contribution in [0.4, 0.5) is 5.69 Å². The van der Waals surface area contributed by atoms with E-state index in [9.17, 15) is 4.79 Å². The number of hydrogen-bond acceptors (Lipinski definition) is 5. The first-order chi connectivity index (χ1) is 10.1. The molecule has 0 aliphatic heterocycles. The fraction of sp³-hybridized carbons (Fsp3) is 0.231. The minimum absolute atomic E-state index is 0.0253. The van der Waals surface area contributed by atoms with Gasteiger partial charge in [-0.1, -0.05) is 27.3 Å². The molecule has 1 aromatic carbocycles. The van der Waals surface area contributed by atoms with Gasteiger partial charge in [-0.2, -0.15) is 9.61 Å². The summed E-state index contributed by atoms with van der Waals surface area (Å²) in [6.45, 7) is 1.99. The van der Waals surface area contributed by atoms with Crippen LogP contribution in [-0.4, -0.2) is 25.7 Å². The Morgan fingerprint density at radius 2 is 2.33 bits per heavy atom. The number of aromatic nitrogens is 4. The minimum atomic E-state index is -0.0253. The third kappa shape index (κ3) is 3.27. The maximum Gasteiger partial charge on any atom is 0.234 e. The molecule has 0 saturated carbocycles. The summed E-state index contributed by atoms with van der Waals surface area (Å²) in [5, 5.41) is 15.7. The molecule has 6 nitrogen and oxygen atoms in total. The summed E-state index contributed by atoms with van der Waals surface area (Å²) in [4.78, 5) is 12.7. The predicted molar refractivity (Wildman–Crippen MR) is 84.5 cm³/mol. The Morgan fingerprint density at radius 1 is 1.48 bits per heavy atom. The number of carbonyl (C=O) groups is 1. The van der Waals surface area contributed by atoms with Crippen molar-refractivity contribution in [3.05, 3.63) is 39.6 Å². The Labute approximate surface area is 133 Å². The average molecular weight is 366 g/mol. The number of nitrogens with zero attached hydrogens (tertiary/aromatic N) is 4. The van der Waals surface area contributed by atoms with E-state index in [1.54, 1.807) is 10.8 Å². The highest BCUT2D eigenvalue weighted by atomic mass is 79.9. The molecule has 2 aromatic heterocycles. The van der Waals surface area contributed by atoms with Crippen molar-refractivity contribution in [3.63, 3.8) is 0 Å². The Balaban J connectivity index is 1.58. The van der Waals surface area contributed by atoms with Crippen LogP contribution in [-0.2, 0) is 11.2 Å². The van der Waals surface area contributed by atoms with Gasteiger partial charge in [0.1, 0.15) is 11.3 Å². The maximum atomic E-state index is 12.0. The fourth-order valence-electron chi connectivity index (χ4n) is 1.87. The van der Waals surface area contributed by atoms with E-state index in [2.05, 4.69) is 36.5 Å². The number of halogens is 1. The van der Waals surface area contributed by atoms with E-state index in [0.717, 1.165) is 25.7 Å². The van der Waals surface area contributed by atoms with E-state index in [0.29, 0.717) is 12.8 Å². The SMILES string of the molecule is Cc1cc(NC(=O)CCc2nn3cnnc3s2)ccc1Br. The first kappa shape index (κ1) is 14.2. The van der Waals surface area contributed by atoms with Gasteiger partial charge >= 0.3 is 0 Å². The second-order valence-corrected chi connectivity index (χ2v) is 6.46. The van der Waals surface area contributed by atoms with Crippen LogP contribution in [0.1, 0.15) is 17.0 Å². The molecule has 0 aliphatic rings. The molecule has 3 aromatic rings. The summed E-state index contributed by atoms with van der Waals surface area (Å²) in [5.41, 5.74) is 1.89. The zero-order chi connectivity index (χ0) is 14.8.